The van der Waals surface area contributed by atoms with Gasteiger partial charge < -0.3 is 10.6 Å². The van der Waals surface area contributed by atoms with Crippen molar-refractivity contribution in [2.45, 2.75) is 39.5 Å². The summed E-state index contributed by atoms with van der Waals surface area (Å²) < 4.78 is 0. The van der Waals surface area contributed by atoms with Crippen molar-refractivity contribution >= 4 is 11.8 Å². The molecule has 2 amide bonds. The Morgan fingerprint density at radius 3 is 2.41 bits per heavy atom. The molecule has 1 atom stereocenters. The maximum atomic E-state index is 11.4. The summed E-state index contributed by atoms with van der Waals surface area (Å²) in [6, 6.07) is 0. The van der Waals surface area contributed by atoms with Crippen LogP contribution in [0.25, 0.3) is 0 Å². The van der Waals surface area contributed by atoms with Gasteiger partial charge in [-0.3, -0.25) is 9.59 Å². The molecule has 2 N–H and O–H groups in total. The molecule has 0 aliphatic heterocycles. The van der Waals surface area contributed by atoms with Gasteiger partial charge in [0.25, 0.3) is 0 Å². The number of rotatable bonds is 8. The van der Waals surface area contributed by atoms with E-state index in [-0.39, 0.29) is 0 Å². The van der Waals surface area contributed by atoms with Crippen molar-refractivity contribution < 1.29 is 9.59 Å². The third kappa shape index (κ3) is 7.55. The Hall–Kier alpha value is -1.32. The van der Waals surface area contributed by atoms with Crippen LogP contribution in [0.15, 0.2) is 12.7 Å². The number of unbranched alkanes of at least 4 members (excludes halogenated alkanes) is 1. The minimum absolute atomic E-state index is 0.319. The van der Waals surface area contributed by atoms with Crippen LogP contribution in [0.5, 0.6) is 0 Å². The SMILES string of the molecule is C=CCNC(=O)C(=O)NC[C@H](CC)CCCC. The Labute approximate surface area is 104 Å². The van der Waals surface area contributed by atoms with Crippen LogP contribution >= 0.6 is 0 Å². The highest BCUT2D eigenvalue weighted by Crippen LogP contribution is 2.10. The highest BCUT2D eigenvalue weighted by Gasteiger charge is 2.13. The molecule has 0 saturated carbocycles. The third-order valence-corrected chi connectivity index (χ3v) is 2.71. The van der Waals surface area contributed by atoms with Crippen molar-refractivity contribution in [3.63, 3.8) is 0 Å². The lowest BCUT2D eigenvalue weighted by molar-refractivity contribution is -0.139. The zero-order chi connectivity index (χ0) is 13.1. The Kier molecular flexibility index (Phi) is 9.11. The molecule has 0 fully saturated rings. The summed E-state index contributed by atoms with van der Waals surface area (Å²) in [7, 11) is 0. The fourth-order valence-electron chi connectivity index (χ4n) is 1.51. The van der Waals surface area contributed by atoms with Gasteiger partial charge in [-0.05, 0) is 12.3 Å². The van der Waals surface area contributed by atoms with E-state index in [2.05, 4.69) is 31.1 Å². The van der Waals surface area contributed by atoms with Crippen molar-refractivity contribution in [3.8, 4) is 0 Å². The molecule has 0 spiro atoms. The predicted molar refractivity (Wildman–Crippen MR) is 69.5 cm³/mol. The van der Waals surface area contributed by atoms with Crippen molar-refractivity contribution in [1.82, 2.24) is 10.6 Å². The molecule has 0 aromatic carbocycles. The lowest BCUT2D eigenvalue weighted by Gasteiger charge is -2.14. The first-order valence-corrected chi connectivity index (χ1v) is 6.32. The molecule has 0 heterocycles. The van der Waals surface area contributed by atoms with Gasteiger partial charge in [-0.25, -0.2) is 0 Å². The summed E-state index contributed by atoms with van der Waals surface area (Å²) in [5.74, 6) is -0.678. The molecular formula is C13H24N2O2. The number of amides is 2. The van der Waals surface area contributed by atoms with Gasteiger partial charge in [-0.1, -0.05) is 39.2 Å². The fourth-order valence-corrected chi connectivity index (χ4v) is 1.51. The summed E-state index contributed by atoms with van der Waals surface area (Å²) in [6.07, 6.45) is 5.98. The van der Waals surface area contributed by atoms with Crippen molar-refractivity contribution in [3.05, 3.63) is 12.7 Å². The molecule has 0 aromatic heterocycles. The number of nitrogens with one attached hydrogen (secondary N) is 2. The van der Waals surface area contributed by atoms with E-state index < -0.39 is 11.8 Å². The largest absolute Gasteiger partial charge is 0.348 e. The van der Waals surface area contributed by atoms with E-state index in [1.54, 1.807) is 6.08 Å². The van der Waals surface area contributed by atoms with Gasteiger partial charge in [0, 0.05) is 13.1 Å². The van der Waals surface area contributed by atoms with Gasteiger partial charge in [0.1, 0.15) is 0 Å². The van der Waals surface area contributed by atoms with Gasteiger partial charge in [-0.15, -0.1) is 6.58 Å². The molecule has 0 unspecified atom stereocenters. The number of hydrogen-bond donors (Lipinski definition) is 2. The third-order valence-electron chi connectivity index (χ3n) is 2.71. The topological polar surface area (TPSA) is 58.2 Å². The minimum atomic E-state index is -0.588. The smallest absolute Gasteiger partial charge is 0.309 e. The summed E-state index contributed by atoms with van der Waals surface area (Å²) in [5.41, 5.74) is 0. The monoisotopic (exact) mass is 240 g/mol. The second-order valence-corrected chi connectivity index (χ2v) is 4.13. The highest BCUT2D eigenvalue weighted by atomic mass is 16.2. The van der Waals surface area contributed by atoms with Crippen LogP contribution in [0.2, 0.25) is 0 Å². The number of carbonyl (C=O) groups excluding carboxylic acids is 2. The normalized spacial score (nSPS) is 11.6. The van der Waals surface area contributed by atoms with Gasteiger partial charge >= 0.3 is 11.8 Å². The van der Waals surface area contributed by atoms with Crippen LogP contribution in [0, 0.1) is 5.92 Å². The standard InChI is InChI=1S/C13H24N2O2/c1-4-7-8-11(6-3)10-15-13(17)12(16)14-9-5-2/h5,11H,2,4,6-10H2,1,3H3,(H,14,16)(H,15,17)/t11-/m1/s1. The predicted octanol–water partition coefficient (Wildman–Crippen LogP) is 1.62. The van der Waals surface area contributed by atoms with Crippen LogP contribution in [-0.2, 0) is 9.59 Å². The molecule has 17 heavy (non-hydrogen) atoms. The molecule has 0 rings (SSSR count). The zero-order valence-electron chi connectivity index (χ0n) is 10.9. The quantitative estimate of drug-likeness (QED) is 0.500. The Morgan fingerprint density at radius 2 is 1.88 bits per heavy atom. The highest BCUT2D eigenvalue weighted by molar-refractivity contribution is 6.35. The van der Waals surface area contributed by atoms with Crippen LogP contribution in [-0.4, -0.2) is 24.9 Å². The second-order valence-electron chi connectivity index (χ2n) is 4.13. The van der Waals surface area contributed by atoms with Crippen molar-refractivity contribution in [2.75, 3.05) is 13.1 Å². The maximum Gasteiger partial charge on any atom is 0.309 e. The molecule has 0 aromatic rings. The molecule has 4 nitrogen and oxygen atoms in total. The van der Waals surface area contributed by atoms with E-state index in [1.165, 1.54) is 0 Å². The van der Waals surface area contributed by atoms with Gasteiger partial charge in [0.2, 0.25) is 0 Å². The molecule has 0 aliphatic carbocycles. The van der Waals surface area contributed by atoms with E-state index in [4.69, 9.17) is 0 Å². The molecule has 4 heteroatoms. The minimum Gasteiger partial charge on any atom is -0.348 e. The van der Waals surface area contributed by atoms with Crippen LogP contribution < -0.4 is 10.6 Å². The number of hydrogen-bond acceptors (Lipinski definition) is 2. The van der Waals surface area contributed by atoms with Gasteiger partial charge in [0.05, 0.1) is 0 Å². The van der Waals surface area contributed by atoms with Crippen molar-refractivity contribution in [1.29, 1.82) is 0 Å². The first kappa shape index (κ1) is 15.7. The van der Waals surface area contributed by atoms with E-state index in [1.807, 2.05) is 0 Å². The Morgan fingerprint density at radius 1 is 1.24 bits per heavy atom. The van der Waals surface area contributed by atoms with E-state index in [9.17, 15) is 9.59 Å². The lowest BCUT2D eigenvalue weighted by Crippen LogP contribution is -2.41. The second kappa shape index (κ2) is 9.87. The van der Waals surface area contributed by atoms with Gasteiger partial charge in [0.15, 0.2) is 0 Å². The average Bonchev–Trinajstić information content (AvgIpc) is 2.35. The van der Waals surface area contributed by atoms with Crippen LogP contribution in [0.3, 0.4) is 0 Å². The number of carbonyl (C=O) groups is 2. The van der Waals surface area contributed by atoms with Crippen LogP contribution in [0.1, 0.15) is 39.5 Å². The lowest BCUT2D eigenvalue weighted by atomic mass is 9.99. The molecule has 0 saturated heterocycles. The zero-order valence-corrected chi connectivity index (χ0v) is 10.9. The first-order chi connectivity index (χ1) is 8.15. The summed E-state index contributed by atoms with van der Waals surface area (Å²) in [6.45, 7) is 8.61. The van der Waals surface area contributed by atoms with Crippen molar-refractivity contribution in [2.24, 2.45) is 5.92 Å². The fraction of sp³-hybridized carbons (Fsp3) is 0.692. The Balaban J connectivity index is 3.86. The summed E-state index contributed by atoms with van der Waals surface area (Å²) in [5, 5.41) is 5.11. The summed E-state index contributed by atoms with van der Waals surface area (Å²) >= 11 is 0. The maximum absolute atomic E-state index is 11.4. The van der Waals surface area contributed by atoms with E-state index in [0.29, 0.717) is 19.0 Å². The van der Waals surface area contributed by atoms with Crippen LogP contribution in [0.4, 0.5) is 0 Å². The van der Waals surface area contributed by atoms with Gasteiger partial charge in [-0.2, -0.15) is 0 Å². The first-order valence-electron chi connectivity index (χ1n) is 6.32. The molecule has 0 radical (unpaired) electrons. The average molecular weight is 240 g/mol. The molecule has 98 valence electrons. The molecular weight excluding hydrogens is 216 g/mol. The molecule has 0 bridgehead atoms. The summed E-state index contributed by atoms with van der Waals surface area (Å²) in [4.78, 5) is 22.6. The van der Waals surface area contributed by atoms with E-state index >= 15 is 0 Å². The molecule has 0 aliphatic rings. The van der Waals surface area contributed by atoms with E-state index in [0.717, 1.165) is 25.7 Å². The Bertz CT molecular complexity index is 252.